The van der Waals surface area contributed by atoms with E-state index in [0.29, 0.717) is 11.4 Å². The lowest BCUT2D eigenvalue weighted by Gasteiger charge is -2.11. The summed E-state index contributed by atoms with van der Waals surface area (Å²) < 4.78 is 18.7. The van der Waals surface area contributed by atoms with Crippen LogP contribution in [0.4, 0.5) is 4.39 Å². The predicted molar refractivity (Wildman–Crippen MR) is 83.4 cm³/mol. The van der Waals surface area contributed by atoms with E-state index < -0.39 is 6.08 Å². The minimum Gasteiger partial charge on any atom is -0.481 e. The van der Waals surface area contributed by atoms with Gasteiger partial charge in [0.1, 0.15) is 0 Å². The molecule has 0 fully saturated rings. The SMILES string of the molecule is CCc1cc(-c2ccc(C)nc2OC)cc2cnc(F)nc12. The number of hydrogen-bond donors (Lipinski definition) is 0. The van der Waals surface area contributed by atoms with Crippen LogP contribution in [0.5, 0.6) is 5.88 Å². The third kappa shape index (κ3) is 2.50. The van der Waals surface area contributed by atoms with Crippen molar-refractivity contribution in [2.75, 3.05) is 7.11 Å². The number of aromatic nitrogens is 3. The Morgan fingerprint density at radius 1 is 1.18 bits per heavy atom. The highest BCUT2D eigenvalue weighted by atomic mass is 19.1. The second-order valence-electron chi connectivity index (χ2n) is 5.08. The summed E-state index contributed by atoms with van der Waals surface area (Å²) in [6.07, 6.45) is 1.56. The van der Waals surface area contributed by atoms with E-state index in [0.717, 1.165) is 34.2 Å². The topological polar surface area (TPSA) is 47.9 Å². The lowest BCUT2D eigenvalue weighted by molar-refractivity contribution is 0.399. The van der Waals surface area contributed by atoms with Gasteiger partial charge in [-0.05, 0) is 48.7 Å². The molecular formula is C17H16FN3O. The van der Waals surface area contributed by atoms with Gasteiger partial charge in [0.15, 0.2) is 0 Å². The number of ether oxygens (including phenoxy) is 1. The van der Waals surface area contributed by atoms with E-state index in [1.165, 1.54) is 6.20 Å². The van der Waals surface area contributed by atoms with Gasteiger partial charge in [0, 0.05) is 22.8 Å². The van der Waals surface area contributed by atoms with Crippen LogP contribution in [-0.4, -0.2) is 22.1 Å². The molecule has 0 unspecified atom stereocenters. The van der Waals surface area contributed by atoms with Crippen molar-refractivity contribution in [2.45, 2.75) is 20.3 Å². The monoisotopic (exact) mass is 297 g/mol. The van der Waals surface area contributed by atoms with Gasteiger partial charge in [0.2, 0.25) is 5.88 Å². The van der Waals surface area contributed by atoms with Gasteiger partial charge in [0.05, 0.1) is 12.6 Å². The molecule has 0 aliphatic carbocycles. The zero-order valence-electron chi connectivity index (χ0n) is 12.7. The average molecular weight is 297 g/mol. The second kappa shape index (κ2) is 5.67. The molecule has 0 aliphatic rings. The zero-order chi connectivity index (χ0) is 15.7. The van der Waals surface area contributed by atoms with Crippen molar-refractivity contribution in [1.29, 1.82) is 0 Å². The van der Waals surface area contributed by atoms with E-state index in [4.69, 9.17) is 4.74 Å². The van der Waals surface area contributed by atoms with Crippen molar-refractivity contribution in [1.82, 2.24) is 15.0 Å². The van der Waals surface area contributed by atoms with E-state index in [1.807, 2.05) is 38.1 Å². The molecule has 5 heteroatoms. The number of halogens is 1. The fourth-order valence-corrected chi connectivity index (χ4v) is 2.53. The molecule has 3 aromatic rings. The number of nitrogens with zero attached hydrogens (tertiary/aromatic N) is 3. The van der Waals surface area contributed by atoms with Gasteiger partial charge in [-0.2, -0.15) is 4.39 Å². The Hall–Kier alpha value is -2.56. The third-order valence-corrected chi connectivity index (χ3v) is 3.62. The van der Waals surface area contributed by atoms with Crippen LogP contribution >= 0.6 is 0 Å². The quantitative estimate of drug-likeness (QED) is 0.691. The number of fused-ring (bicyclic) bond motifs is 1. The van der Waals surface area contributed by atoms with Crippen molar-refractivity contribution in [3.05, 3.63) is 47.8 Å². The van der Waals surface area contributed by atoms with Crippen LogP contribution in [0.1, 0.15) is 18.2 Å². The summed E-state index contributed by atoms with van der Waals surface area (Å²) in [7, 11) is 1.60. The molecule has 1 aromatic carbocycles. The Labute approximate surface area is 128 Å². The van der Waals surface area contributed by atoms with Gasteiger partial charge < -0.3 is 4.74 Å². The molecule has 0 bridgehead atoms. The first-order valence-electron chi connectivity index (χ1n) is 7.09. The smallest absolute Gasteiger partial charge is 0.309 e. The molecule has 2 heterocycles. The van der Waals surface area contributed by atoms with Crippen molar-refractivity contribution in [3.8, 4) is 17.0 Å². The maximum atomic E-state index is 13.3. The highest BCUT2D eigenvalue weighted by molar-refractivity contribution is 5.87. The number of methoxy groups -OCH3 is 1. The first-order valence-corrected chi connectivity index (χ1v) is 7.09. The molecule has 0 N–H and O–H groups in total. The van der Waals surface area contributed by atoms with Crippen LogP contribution in [0.3, 0.4) is 0 Å². The summed E-state index contributed by atoms with van der Waals surface area (Å²) in [5.74, 6) is 0.574. The van der Waals surface area contributed by atoms with Gasteiger partial charge in [-0.3, -0.25) is 0 Å². The molecule has 0 amide bonds. The Morgan fingerprint density at radius 3 is 2.73 bits per heavy atom. The molecule has 3 rings (SSSR count). The van der Waals surface area contributed by atoms with Gasteiger partial charge in [-0.1, -0.05) is 6.92 Å². The first-order chi connectivity index (χ1) is 10.6. The lowest BCUT2D eigenvalue weighted by Crippen LogP contribution is -1.97. The van der Waals surface area contributed by atoms with E-state index in [2.05, 4.69) is 15.0 Å². The zero-order valence-corrected chi connectivity index (χ0v) is 12.7. The van der Waals surface area contributed by atoms with Crippen LogP contribution < -0.4 is 4.74 Å². The fourth-order valence-electron chi connectivity index (χ4n) is 2.53. The molecule has 0 spiro atoms. The molecule has 112 valence electrons. The third-order valence-electron chi connectivity index (χ3n) is 3.62. The van der Waals surface area contributed by atoms with Crippen LogP contribution in [0.25, 0.3) is 22.0 Å². The van der Waals surface area contributed by atoms with Gasteiger partial charge >= 0.3 is 6.08 Å². The minimum absolute atomic E-state index is 0.574. The summed E-state index contributed by atoms with van der Waals surface area (Å²) >= 11 is 0. The summed E-state index contributed by atoms with van der Waals surface area (Å²) in [5.41, 5.74) is 4.37. The maximum absolute atomic E-state index is 13.3. The molecular weight excluding hydrogens is 281 g/mol. The molecule has 4 nitrogen and oxygen atoms in total. The predicted octanol–water partition coefficient (Wildman–Crippen LogP) is 3.71. The molecule has 0 saturated carbocycles. The van der Waals surface area contributed by atoms with Gasteiger partial charge in [0.25, 0.3) is 0 Å². The number of hydrogen-bond acceptors (Lipinski definition) is 4. The largest absolute Gasteiger partial charge is 0.481 e. The first kappa shape index (κ1) is 14.4. The van der Waals surface area contributed by atoms with E-state index in [1.54, 1.807) is 7.11 Å². The Bertz CT molecular complexity index is 849. The van der Waals surface area contributed by atoms with E-state index in [9.17, 15) is 4.39 Å². The van der Waals surface area contributed by atoms with Crippen molar-refractivity contribution < 1.29 is 9.13 Å². The number of rotatable bonds is 3. The summed E-state index contributed by atoms with van der Waals surface area (Å²) in [6, 6.07) is 7.85. The summed E-state index contributed by atoms with van der Waals surface area (Å²) in [5, 5.41) is 0.804. The minimum atomic E-state index is -0.704. The van der Waals surface area contributed by atoms with Crippen LogP contribution in [0, 0.1) is 13.0 Å². The van der Waals surface area contributed by atoms with E-state index in [-0.39, 0.29) is 0 Å². The van der Waals surface area contributed by atoms with Gasteiger partial charge in [-0.15, -0.1) is 0 Å². The van der Waals surface area contributed by atoms with Crippen molar-refractivity contribution in [2.24, 2.45) is 0 Å². The number of benzene rings is 1. The molecule has 0 radical (unpaired) electrons. The van der Waals surface area contributed by atoms with E-state index >= 15 is 0 Å². The molecule has 22 heavy (non-hydrogen) atoms. The highest BCUT2D eigenvalue weighted by Crippen LogP contribution is 2.32. The normalized spacial score (nSPS) is 10.9. The number of aryl methyl sites for hydroxylation is 2. The average Bonchev–Trinajstić information content (AvgIpc) is 2.53. The highest BCUT2D eigenvalue weighted by Gasteiger charge is 2.12. The lowest BCUT2D eigenvalue weighted by atomic mass is 9.99. The van der Waals surface area contributed by atoms with Crippen LogP contribution in [-0.2, 0) is 6.42 Å². The van der Waals surface area contributed by atoms with Crippen LogP contribution in [0.15, 0.2) is 30.5 Å². The molecule has 0 atom stereocenters. The Balaban J connectivity index is 2.26. The Kier molecular flexibility index (Phi) is 3.71. The molecule has 2 aromatic heterocycles. The number of pyridine rings is 1. The maximum Gasteiger partial charge on any atom is 0.309 e. The molecule has 0 saturated heterocycles. The summed E-state index contributed by atoms with van der Waals surface area (Å²) in [6.45, 7) is 3.93. The molecule has 0 aliphatic heterocycles. The van der Waals surface area contributed by atoms with Crippen molar-refractivity contribution in [3.63, 3.8) is 0 Å². The Morgan fingerprint density at radius 2 is 2.00 bits per heavy atom. The van der Waals surface area contributed by atoms with Crippen molar-refractivity contribution >= 4 is 10.9 Å². The second-order valence-corrected chi connectivity index (χ2v) is 5.08. The standard InChI is InChI=1S/C17H16FN3O/c1-4-11-7-12(8-13-9-19-17(18)21-15(11)13)14-6-5-10(2)20-16(14)22-3/h5-9H,4H2,1-3H3. The van der Waals surface area contributed by atoms with Crippen LogP contribution in [0.2, 0.25) is 0 Å². The van der Waals surface area contributed by atoms with Gasteiger partial charge in [-0.25, -0.2) is 15.0 Å². The fraction of sp³-hybridized carbons (Fsp3) is 0.235. The summed E-state index contributed by atoms with van der Waals surface area (Å²) in [4.78, 5) is 12.0.